The van der Waals surface area contributed by atoms with Crippen LogP contribution in [0.3, 0.4) is 0 Å². The van der Waals surface area contributed by atoms with Crippen molar-refractivity contribution in [1.82, 2.24) is 0 Å². The van der Waals surface area contributed by atoms with E-state index < -0.39 is 0 Å². The first kappa shape index (κ1) is 21.8. The third kappa shape index (κ3) is 5.37. The second-order valence-electron chi connectivity index (χ2n) is 5.64. The summed E-state index contributed by atoms with van der Waals surface area (Å²) in [5, 5.41) is 0. The number of nitrogens with zero attached hydrogens (tertiary/aromatic N) is 2. The number of methoxy groups -OCH3 is 1. The van der Waals surface area contributed by atoms with Crippen LogP contribution in [0.5, 0.6) is 0 Å². The zero-order chi connectivity index (χ0) is 19.5. The molecule has 0 unspecified atom stereocenters. The molecule has 0 fully saturated rings. The molecule has 2 aliphatic rings. The molecule has 2 aromatic carbocycles. The lowest BCUT2D eigenvalue weighted by atomic mass is 10.0. The Hall–Kier alpha value is -2.26. The Bertz CT molecular complexity index is 746. The van der Waals surface area contributed by atoms with Crippen LogP contribution in [0.2, 0.25) is 0 Å². The third-order valence-electron chi connectivity index (χ3n) is 3.76. The Morgan fingerprint density at radius 1 is 0.769 bits per heavy atom. The molecule has 2 aliphatic heterocycles. The second-order valence-corrected chi connectivity index (χ2v) is 5.64. The normalized spacial score (nSPS) is 12.7. The van der Waals surface area contributed by atoms with Crippen LogP contribution in [-0.2, 0) is 17.6 Å². The van der Waals surface area contributed by atoms with Crippen molar-refractivity contribution in [2.24, 2.45) is 9.98 Å². The lowest BCUT2D eigenvalue weighted by Crippen LogP contribution is -1.99. The van der Waals surface area contributed by atoms with Crippen LogP contribution in [0.25, 0.3) is 0 Å². The molecule has 0 bridgehead atoms. The molecule has 2 aromatic rings. The molecule has 0 saturated carbocycles. The molecule has 3 nitrogen and oxygen atoms in total. The van der Waals surface area contributed by atoms with Crippen molar-refractivity contribution in [2.45, 2.75) is 47.5 Å². The van der Waals surface area contributed by atoms with E-state index in [9.17, 15) is 0 Å². The average molecular weight is 353 g/mol. The van der Waals surface area contributed by atoms with Gasteiger partial charge in [0.2, 0.25) is 0 Å². The van der Waals surface area contributed by atoms with Crippen molar-refractivity contribution in [2.75, 3.05) is 14.2 Å². The number of hydrogen-bond acceptors (Lipinski definition) is 3. The first-order chi connectivity index (χ1) is 12.7. The van der Waals surface area contributed by atoms with Gasteiger partial charge >= 0.3 is 0 Å². The SMILES string of the molecule is CC.CC.CC1=Nc2cc3c(cc2C1)CC(c1ccccc1)=N3.COC. The summed E-state index contributed by atoms with van der Waals surface area (Å²) in [7, 11) is 3.25. The molecule has 4 rings (SSSR count). The lowest BCUT2D eigenvalue weighted by Gasteiger charge is -2.01. The molecule has 0 aromatic heterocycles. The van der Waals surface area contributed by atoms with Crippen molar-refractivity contribution in [3.05, 3.63) is 59.2 Å². The molecule has 0 saturated heterocycles. The third-order valence-corrected chi connectivity index (χ3v) is 3.76. The van der Waals surface area contributed by atoms with Crippen LogP contribution in [0.4, 0.5) is 11.4 Å². The van der Waals surface area contributed by atoms with Crippen LogP contribution < -0.4 is 0 Å². The molecule has 26 heavy (non-hydrogen) atoms. The Labute approximate surface area is 158 Å². The number of aliphatic imine (C=N–C) groups is 2. The number of fused-ring (bicyclic) bond motifs is 2. The van der Waals surface area contributed by atoms with Crippen molar-refractivity contribution in [3.63, 3.8) is 0 Å². The number of hydrogen-bond donors (Lipinski definition) is 0. The molecule has 0 radical (unpaired) electrons. The molecular weight excluding hydrogens is 320 g/mol. The molecule has 0 amide bonds. The van der Waals surface area contributed by atoms with Crippen LogP contribution >= 0.6 is 0 Å². The standard InChI is InChI=1S/C17H14N2.C2H6O.2C2H6/c1-11-7-13-8-14-9-15(12-5-3-2-4-6-12)19-17(14)10-16(13)18-11;1-3-2;2*1-2/h2-6,8,10H,7,9H2,1H3;1-2H3;2*1-2H3. The van der Waals surface area contributed by atoms with Crippen molar-refractivity contribution < 1.29 is 4.74 Å². The highest BCUT2D eigenvalue weighted by atomic mass is 16.4. The summed E-state index contributed by atoms with van der Waals surface area (Å²) in [4.78, 5) is 9.35. The van der Waals surface area contributed by atoms with E-state index in [1.165, 1.54) is 28.1 Å². The predicted molar refractivity (Wildman–Crippen MR) is 115 cm³/mol. The van der Waals surface area contributed by atoms with Gasteiger partial charge in [0, 0.05) is 32.8 Å². The van der Waals surface area contributed by atoms with E-state index in [4.69, 9.17) is 4.99 Å². The lowest BCUT2D eigenvalue weighted by molar-refractivity contribution is 0.277. The summed E-state index contributed by atoms with van der Waals surface area (Å²) in [6, 6.07) is 14.8. The Morgan fingerprint density at radius 3 is 1.92 bits per heavy atom. The first-order valence-electron chi connectivity index (χ1n) is 9.44. The topological polar surface area (TPSA) is 34.0 Å². The molecule has 0 spiro atoms. The molecular formula is C23H32N2O. The van der Waals surface area contributed by atoms with Crippen LogP contribution in [-0.4, -0.2) is 25.6 Å². The van der Waals surface area contributed by atoms with Crippen LogP contribution in [0.1, 0.15) is 51.3 Å². The summed E-state index contributed by atoms with van der Waals surface area (Å²) < 4.78 is 4.25. The first-order valence-corrected chi connectivity index (χ1v) is 9.44. The minimum Gasteiger partial charge on any atom is -0.388 e. The van der Waals surface area contributed by atoms with E-state index in [1.54, 1.807) is 14.2 Å². The smallest absolute Gasteiger partial charge is 0.0690 e. The molecule has 0 aliphatic carbocycles. The van der Waals surface area contributed by atoms with E-state index in [-0.39, 0.29) is 0 Å². The highest BCUT2D eigenvalue weighted by Crippen LogP contribution is 2.37. The maximum absolute atomic E-state index is 4.77. The minimum atomic E-state index is 0.936. The summed E-state index contributed by atoms with van der Waals surface area (Å²) in [5.41, 5.74) is 8.47. The Kier molecular flexibility index (Phi) is 9.53. The van der Waals surface area contributed by atoms with Crippen molar-refractivity contribution in [3.8, 4) is 0 Å². The van der Waals surface area contributed by atoms with E-state index in [0.717, 1.165) is 24.2 Å². The summed E-state index contributed by atoms with van der Waals surface area (Å²) >= 11 is 0. The maximum Gasteiger partial charge on any atom is 0.0690 e. The largest absolute Gasteiger partial charge is 0.388 e. The second kappa shape index (κ2) is 11.4. The predicted octanol–water partition coefficient (Wildman–Crippen LogP) is 6.33. The fourth-order valence-electron chi connectivity index (χ4n) is 2.85. The van der Waals surface area contributed by atoms with Crippen LogP contribution in [0.15, 0.2) is 52.4 Å². The van der Waals surface area contributed by atoms with Crippen LogP contribution in [0, 0.1) is 0 Å². The highest BCUT2D eigenvalue weighted by Gasteiger charge is 2.20. The Balaban J connectivity index is 0.000000431. The average Bonchev–Trinajstić information content (AvgIpc) is 3.25. The zero-order valence-electron chi connectivity index (χ0n) is 17.3. The van der Waals surface area contributed by atoms with Gasteiger partial charge in [-0.1, -0.05) is 64.1 Å². The molecule has 0 N–H and O–H groups in total. The fourth-order valence-corrected chi connectivity index (χ4v) is 2.85. The van der Waals surface area contributed by atoms with E-state index >= 15 is 0 Å². The van der Waals surface area contributed by atoms with Crippen molar-refractivity contribution >= 4 is 22.8 Å². The van der Waals surface area contributed by atoms with Gasteiger partial charge in [-0.15, -0.1) is 0 Å². The van der Waals surface area contributed by atoms with Gasteiger partial charge in [-0.2, -0.15) is 0 Å². The zero-order valence-corrected chi connectivity index (χ0v) is 17.3. The van der Waals surface area contributed by atoms with Gasteiger partial charge in [0.15, 0.2) is 0 Å². The number of benzene rings is 2. The highest BCUT2D eigenvalue weighted by molar-refractivity contribution is 6.07. The van der Waals surface area contributed by atoms with E-state index in [0.29, 0.717) is 0 Å². The molecule has 0 atom stereocenters. The Morgan fingerprint density at radius 2 is 1.31 bits per heavy atom. The van der Waals surface area contributed by atoms with Crippen molar-refractivity contribution in [1.29, 1.82) is 0 Å². The van der Waals surface area contributed by atoms with Gasteiger partial charge in [0.05, 0.1) is 17.1 Å². The molecule has 2 heterocycles. The summed E-state index contributed by atoms with van der Waals surface area (Å²) in [5.74, 6) is 0. The number of ether oxygens (including phenoxy) is 1. The maximum atomic E-state index is 4.77. The van der Waals surface area contributed by atoms with E-state index in [1.807, 2.05) is 33.8 Å². The fraction of sp³-hybridized carbons (Fsp3) is 0.391. The van der Waals surface area contributed by atoms with Gasteiger partial charge in [-0.3, -0.25) is 9.98 Å². The molecule has 140 valence electrons. The van der Waals surface area contributed by atoms with Gasteiger partial charge < -0.3 is 4.74 Å². The summed E-state index contributed by atoms with van der Waals surface area (Å²) in [6.07, 6.45) is 1.93. The monoisotopic (exact) mass is 352 g/mol. The minimum absolute atomic E-state index is 0.936. The quantitative estimate of drug-likeness (QED) is 0.590. The van der Waals surface area contributed by atoms with E-state index in [2.05, 4.69) is 53.1 Å². The van der Waals surface area contributed by atoms with Gasteiger partial charge in [0.1, 0.15) is 0 Å². The van der Waals surface area contributed by atoms with Gasteiger partial charge in [0.25, 0.3) is 0 Å². The van der Waals surface area contributed by atoms with Gasteiger partial charge in [-0.25, -0.2) is 0 Å². The summed E-state index contributed by atoms with van der Waals surface area (Å²) in [6.45, 7) is 10.1. The molecule has 3 heteroatoms. The number of rotatable bonds is 1. The van der Waals surface area contributed by atoms with Gasteiger partial charge in [-0.05, 0) is 29.7 Å².